The van der Waals surface area contributed by atoms with Gasteiger partial charge in [-0.15, -0.1) is 0 Å². The number of hydrogen-bond donors (Lipinski definition) is 13. The molecule has 406 valence electrons. The van der Waals surface area contributed by atoms with Crippen molar-refractivity contribution in [1.82, 2.24) is 52.8 Å². The van der Waals surface area contributed by atoms with E-state index in [9.17, 15) is 62.6 Å². The van der Waals surface area contributed by atoms with Crippen molar-refractivity contribution in [3.05, 3.63) is 0 Å². The first-order valence-corrected chi connectivity index (χ1v) is 24.9. The lowest BCUT2D eigenvalue weighted by molar-refractivity contribution is -0.139. The Bertz CT molecular complexity index is 1920. The molecule has 0 aromatic rings. The molecule has 10 atom stereocenters. The van der Waals surface area contributed by atoms with Crippen molar-refractivity contribution >= 4 is 70.9 Å². The van der Waals surface area contributed by atoms with Crippen LogP contribution in [-0.4, -0.2) is 162 Å². The van der Waals surface area contributed by atoms with E-state index in [2.05, 4.69) is 47.9 Å². The average molecular weight is 1020 g/mol. The van der Waals surface area contributed by atoms with Gasteiger partial charge in [0, 0.05) is 32.9 Å². The number of rotatable bonds is 21. The van der Waals surface area contributed by atoms with Crippen LogP contribution in [0.3, 0.4) is 0 Å². The van der Waals surface area contributed by atoms with Crippen LogP contribution in [0.15, 0.2) is 0 Å². The summed E-state index contributed by atoms with van der Waals surface area (Å²) in [6.45, 7) is 7.26. The Morgan fingerprint density at radius 2 is 1.47 bits per heavy atom. The molecule has 0 aliphatic carbocycles. The number of carbonyl (C=O) groups excluding carboxylic acids is 12. The van der Waals surface area contributed by atoms with Crippen LogP contribution in [0.5, 0.6) is 0 Å². The second-order valence-corrected chi connectivity index (χ2v) is 18.5. The van der Waals surface area contributed by atoms with Crippen molar-refractivity contribution in [1.29, 1.82) is 0 Å². The van der Waals surface area contributed by atoms with Crippen LogP contribution >= 0.6 is 0 Å². The van der Waals surface area contributed by atoms with Gasteiger partial charge in [0.15, 0.2) is 0 Å². The third-order valence-electron chi connectivity index (χ3n) is 12.9. The number of aliphatic hydroxyl groups excluding tert-OH is 1. The zero-order valence-corrected chi connectivity index (χ0v) is 42.2. The van der Waals surface area contributed by atoms with Crippen molar-refractivity contribution < 1.29 is 62.6 Å². The third-order valence-corrected chi connectivity index (χ3v) is 12.9. The highest BCUT2D eigenvalue weighted by Gasteiger charge is 2.38. The largest absolute Gasteiger partial charge is 0.394 e. The van der Waals surface area contributed by atoms with Gasteiger partial charge in [0.2, 0.25) is 70.9 Å². The number of nitrogens with one attached hydrogen (secondary N) is 9. The minimum absolute atomic E-state index is 0.0445. The van der Waals surface area contributed by atoms with Crippen LogP contribution in [-0.2, 0) is 57.5 Å². The van der Waals surface area contributed by atoms with Crippen LogP contribution in [0.25, 0.3) is 0 Å². The lowest BCUT2D eigenvalue weighted by atomic mass is 9.96. The molecule has 2 fully saturated rings. The van der Waals surface area contributed by atoms with E-state index < -0.39 is 145 Å². The molecule has 2 aliphatic rings. The summed E-state index contributed by atoms with van der Waals surface area (Å²) in [6.07, 6.45) is 1.63. The van der Waals surface area contributed by atoms with E-state index >= 15 is 0 Å². The fraction of sp³-hybridized carbons (Fsp3) is 0.739. The fourth-order valence-corrected chi connectivity index (χ4v) is 8.08. The topological polar surface area (TPSA) is 415 Å². The quantitative estimate of drug-likeness (QED) is 0.0483. The van der Waals surface area contributed by atoms with Gasteiger partial charge in [0.25, 0.3) is 0 Å². The van der Waals surface area contributed by atoms with Gasteiger partial charge >= 0.3 is 0 Å². The highest BCUT2D eigenvalue weighted by atomic mass is 16.3. The Morgan fingerprint density at radius 3 is 2.08 bits per heavy atom. The van der Waals surface area contributed by atoms with Crippen LogP contribution in [0.4, 0.5) is 0 Å². The predicted octanol–water partition coefficient (Wildman–Crippen LogP) is -4.45. The third kappa shape index (κ3) is 20.7. The van der Waals surface area contributed by atoms with Crippen LogP contribution in [0.1, 0.15) is 125 Å². The average Bonchev–Trinajstić information content (AvgIpc) is 3.85. The van der Waals surface area contributed by atoms with E-state index in [1.54, 1.807) is 27.7 Å². The van der Waals surface area contributed by atoms with Gasteiger partial charge in [-0.1, -0.05) is 40.5 Å². The maximum atomic E-state index is 14.3. The Balaban J connectivity index is 2.52. The Kier molecular flexibility index (Phi) is 27.2. The Labute approximate surface area is 420 Å². The zero-order valence-electron chi connectivity index (χ0n) is 42.2. The molecule has 2 aliphatic heterocycles. The summed E-state index contributed by atoms with van der Waals surface area (Å²) in [6, 6.07) is -10.6. The number of amides is 12. The summed E-state index contributed by atoms with van der Waals surface area (Å²) in [7, 11) is 0. The SMILES string of the molecule is CC[C@H](C)[C@H](NC(=O)CNC(=O)[C@@H]1CCCCNC(=O)CC[C@H](NC(=O)[C@H](CCCCN)NC(=O)[C@@H]2CCCN2C(C)=O)C(=O)N[C@@H]([C@@H](C)CC)C(=O)N[C@@H](CCC(N)=O)C(=O)N[C@@H](CO)C(=O)N1)C(N)=O. The number of primary amides is 2. The van der Waals surface area contributed by atoms with Crippen molar-refractivity contribution in [2.75, 3.05) is 32.8 Å². The summed E-state index contributed by atoms with van der Waals surface area (Å²) in [5, 5.41) is 33.2. The molecule has 0 aromatic carbocycles. The Hall–Kier alpha value is -6.44. The molecule has 2 rings (SSSR count). The van der Waals surface area contributed by atoms with Crippen LogP contribution in [0, 0.1) is 11.8 Å². The van der Waals surface area contributed by atoms with E-state index in [4.69, 9.17) is 17.2 Å². The van der Waals surface area contributed by atoms with Gasteiger partial charge < -0.3 is 75.1 Å². The molecule has 0 unspecified atom stereocenters. The molecule has 0 bridgehead atoms. The van der Waals surface area contributed by atoms with E-state index in [0.717, 1.165) is 0 Å². The number of unbranched alkanes of at least 4 members (excludes halogenated alkanes) is 1. The summed E-state index contributed by atoms with van der Waals surface area (Å²) < 4.78 is 0. The molecular formula is C46H79N13O13. The predicted molar refractivity (Wildman–Crippen MR) is 260 cm³/mol. The van der Waals surface area contributed by atoms with Crippen molar-refractivity contribution in [3.8, 4) is 0 Å². The summed E-state index contributed by atoms with van der Waals surface area (Å²) in [4.78, 5) is 161. The van der Waals surface area contributed by atoms with Crippen LogP contribution in [0.2, 0.25) is 0 Å². The normalized spacial score (nSPS) is 23.7. The molecule has 2 saturated heterocycles. The lowest BCUT2D eigenvalue weighted by Gasteiger charge is -2.30. The molecule has 2 heterocycles. The number of aliphatic hydroxyl groups is 1. The highest BCUT2D eigenvalue weighted by Crippen LogP contribution is 2.19. The molecule has 72 heavy (non-hydrogen) atoms. The summed E-state index contributed by atoms with van der Waals surface area (Å²) >= 11 is 0. The first-order valence-electron chi connectivity index (χ1n) is 24.9. The molecule has 0 aromatic heterocycles. The van der Waals surface area contributed by atoms with Gasteiger partial charge in [-0.25, -0.2) is 0 Å². The number of hydrogen-bond acceptors (Lipinski definition) is 14. The molecular weight excluding hydrogens is 943 g/mol. The zero-order chi connectivity index (χ0) is 54.1. The minimum Gasteiger partial charge on any atom is -0.394 e. The van der Waals surface area contributed by atoms with Gasteiger partial charge in [-0.2, -0.15) is 0 Å². The first-order chi connectivity index (χ1) is 34.1. The molecule has 26 nitrogen and oxygen atoms in total. The number of nitrogens with zero attached hydrogens (tertiary/aromatic N) is 1. The van der Waals surface area contributed by atoms with Gasteiger partial charge in [-0.05, 0) is 82.6 Å². The summed E-state index contributed by atoms with van der Waals surface area (Å²) in [5.41, 5.74) is 16.6. The van der Waals surface area contributed by atoms with E-state index in [1.165, 1.54) is 11.8 Å². The number of nitrogens with two attached hydrogens (primary N) is 3. The first kappa shape index (κ1) is 61.7. The second kappa shape index (κ2) is 31.8. The van der Waals surface area contributed by atoms with E-state index in [-0.39, 0.29) is 56.9 Å². The molecule has 0 spiro atoms. The standard InChI is InChI=1S/C46H79N13O13/c1-6-25(3)37(39(49)65)57-36(64)23-51-40(66)28-14-9-11-21-50-35(63)19-17-31(53-41(67)29(13-8-10-20-47)54-45(71)33-15-12-22-59(33)27(5)61)43(69)58-38(26(4)7-2)46(72)55-30(16-18-34(48)62)42(68)56-32(24-60)44(70)52-28/h25-26,28-33,37-38,60H,6-24,47H2,1-5H3,(H2,48,62)(H2,49,65)(H,50,63)(H,51,66)(H,52,70)(H,53,67)(H,54,71)(H,55,72)(H,56,68)(H,57,64)(H,58,69)/t25-,26-,28-,29-,30-,31-,32-,33-,37-,38-/m0/s1. The van der Waals surface area contributed by atoms with E-state index in [0.29, 0.717) is 51.6 Å². The molecule has 16 N–H and O–H groups in total. The fourth-order valence-electron chi connectivity index (χ4n) is 8.08. The van der Waals surface area contributed by atoms with Crippen molar-refractivity contribution in [2.45, 2.75) is 173 Å². The molecule has 12 amide bonds. The van der Waals surface area contributed by atoms with Gasteiger partial charge in [-0.3, -0.25) is 57.5 Å². The maximum Gasteiger partial charge on any atom is 0.245 e. The molecule has 0 saturated carbocycles. The highest BCUT2D eigenvalue weighted by molar-refractivity contribution is 5.98. The summed E-state index contributed by atoms with van der Waals surface area (Å²) in [5.74, 6) is -10.3. The number of carbonyl (C=O) groups is 12. The van der Waals surface area contributed by atoms with E-state index in [1.807, 2.05) is 0 Å². The monoisotopic (exact) mass is 1020 g/mol. The van der Waals surface area contributed by atoms with Crippen molar-refractivity contribution in [2.24, 2.45) is 29.0 Å². The molecule has 26 heteroatoms. The molecule has 0 radical (unpaired) electrons. The second-order valence-electron chi connectivity index (χ2n) is 18.5. The maximum absolute atomic E-state index is 14.3. The van der Waals surface area contributed by atoms with Gasteiger partial charge in [0.05, 0.1) is 13.2 Å². The lowest BCUT2D eigenvalue weighted by Crippen LogP contribution is -2.61. The number of likely N-dealkylation sites (tertiary alicyclic amines) is 1. The van der Waals surface area contributed by atoms with Crippen LogP contribution < -0.4 is 65.1 Å². The van der Waals surface area contributed by atoms with Gasteiger partial charge in [0.1, 0.15) is 48.3 Å². The van der Waals surface area contributed by atoms with Crippen molar-refractivity contribution in [3.63, 3.8) is 0 Å². The minimum atomic E-state index is -1.73. The Morgan fingerprint density at radius 1 is 0.792 bits per heavy atom. The smallest absolute Gasteiger partial charge is 0.245 e.